The second kappa shape index (κ2) is 11.5. The van der Waals surface area contributed by atoms with Gasteiger partial charge in [0.2, 0.25) is 5.78 Å². The number of phenols is 1. The molecular weight excluding hydrogens is 550 g/mol. The Balaban J connectivity index is 2.05. The maximum Gasteiger partial charge on any atom is 0.305 e. The topological polar surface area (TPSA) is 200 Å². The number of esters is 1. The molecule has 0 aliphatic heterocycles. The lowest BCUT2D eigenvalue weighted by Gasteiger charge is -2.54. The van der Waals surface area contributed by atoms with Gasteiger partial charge in [0.05, 0.1) is 30.7 Å². The van der Waals surface area contributed by atoms with Crippen molar-refractivity contribution in [3.8, 4) is 5.75 Å². The van der Waals surface area contributed by atoms with Crippen molar-refractivity contribution >= 4 is 23.4 Å². The lowest BCUT2D eigenvalue weighted by molar-refractivity contribution is -0.181. The average molecular weight is 588 g/mol. The third kappa shape index (κ3) is 4.75. The highest BCUT2D eigenvalue weighted by Crippen LogP contribution is 2.56. The predicted molar refractivity (Wildman–Crippen MR) is 148 cm³/mol. The van der Waals surface area contributed by atoms with Crippen molar-refractivity contribution in [3.05, 3.63) is 52.0 Å². The summed E-state index contributed by atoms with van der Waals surface area (Å²) in [5.41, 5.74) is 1.20. The van der Waals surface area contributed by atoms with Gasteiger partial charge in [-0.05, 0) is 39.8 Å². The number of ketones is 2. The summed E-state index contributed by atoms with van der Waals surface area (Å²) in [5, 5.41) is 45.7. The molecule has 0 saturated heterocycles. The number of amides is 1. The minimum absolute atomic E-state index is 0.0563. The molecule has 1 aromatic rings. The third-order valence-electron chi connectivity index (χ3n) is 8.31. The van der Waals surface area contributed by atoms with Crippen LogP contribution < -0.4 is 5.73 Å². The van der Waals surface area contributed by atoms with Crippen molar-refractivity contribution < 1.29 is 49.1 Å². The number of fused-ring (bicyclic) bond motifs is 3. The van der Waals surface area contributed by atoms with Crippen LogP contribution in [0.2, 0.25) is 0 Å². The number of rotatable bonds is 9. The molecule has 0 heterocycles. The molecule has 6 atom stereocenters. The quantitative estimate of drug-likeness (QED) is 0.149. The lowest BCUT2D eigenvalue weighted by atomic mass is 9.55. The van der Waals surface area contributed by atoms with Crippen molar-refractivity contribution in [2.24, 2.45) is 17.6 Å². The summed E-state index contributed by atoms with van der Waals surface area (Å²) in [4.78, 5) is 56.2. The van der Waals surface area contributed by atoms with Gasteiger partial charge in [-0.3, -0.25) is 24.1 Å². The Morgan fingerprint density at radius 3 is 2.33 bits per heavy atom. The first-order valence-electron chi connectivity index (χ1n) is 13.6. The zero-order valence-corrected chi connectivity index (χ0v) is 24.2. The molecule has 3 aliphatic carbocycles. The molecule has 42 heavy (non-hydrogen) atoms. The molecule has 0 bridgehead atoms. The van der Waals surface area contributed by atoms with Crippen LogP contribution in [0.15, 0.2) is 40.9 Å². The van der Waals surface area contributed by atoms with Gasteiger partial charge in [0, 0.05) is 30.4 Å². The third-order valence-corrected chi connectivity index (χ3v) is 8.31. The van der Waals surface area contributed by atoms with Crippen LogP contribution >= 0.6 is 0 Å². The molecule has 3 aliphatic rings. The maximum absolute atomic E-state index is 14.0. The van der Waals surface area contributed by atoms with E-state index in [1.165, 1.54) is 38.1 Å². The van der Waals surface area contributed by atoms with E-state index in [-0.39, 0.29) is 25.2 Å². The fourth-order valence-electron chi connectivity index (χ4n) is 6.41. The number of ether oxygens (including phenoxy) is 2. The number of carbonyl (C=O) groups excluding carboxylic acids is 4. The maximum atomic E-state index is 14.0. The number of benzene rings is 1. The molecule has 0 radical (unpaired) electrons. The van der Waals surface area contributed by atoms with Gasteiger partial charge in [0.25, 0.3) is 5.91 Å². The number of carbonyl (C=O) groups is 4. The van der Waals surface area contributed by atoms with Gasteiger partial charge in [-0.25, -0.2) is 0 Å². The molecule has 1 amide bonds. The molecule has 6 unspecified atom stereocenters. The summed E-state index contributed by atoms with van der Waals surface area (Å²) in [7, 11) is 6.70. The van der Waals surface area contributed by atoms with E-state index < -0.39 is 87.4 Å². The first kappa shape index (κ1) is 31.2. The molecule has 6 N–H and O–H groups in total. The van der Waals surface area contributed by atoms with Crippen LogP contribution in [0.5, 0.6) is 5.75 Å². The molecule has 0 saturated carbocycles. The largest absolute Gasteiger partial charge is 0.510 e. The van der Waals surface area contributed by atoms with E-state index >= 15 is 0 Å². The van der Waals surface area contributed by atoms with Gasteiger partial charge < -0.3 is 40.5 Å². The Labute approximate surface area is 242 Å². The molecule has 13 heteroatoms. The van der Waals surface area contributed by atoms with Crippen molar-refractivity contribution in [2.75, 3.05) is 47.9 Å². The van der Waals surface area contributed by atoms with Crippen molar-refractivity contribution in [2.45, 2.75) is 37.0 Å². The SMILES string of the molecule is CCC(=O)OC1C2C(=C(O)C3(O)C(=O)C(C(N)=O)=C(O)C(N(C)C)C13)C(=O)c1c(O)cccc1C2COCCN(C)C. The van der Waals surface area contributed by atoms with Crippen LogP contribution in [0.3, 0.4) is 0 Å². The van der Waals surface area contributed by atoms with Crippen molar-refractivity contribution in [1.29, 1.82) is 0 Å². The van der Waals surface area contributed by atoms with E-state index in [1.807, 2.05) is 19.0 Å². The first-order valence-corrected chi connectivity index (χ1v) is 13.6. The minimum atomic E-state index is -3.00. The van der Waals surface area contributed by atoms with Crippen LogP contribution in [0.4, 0.5) is 0 Å². The monoisotopic (exact) mass is 587 g/mol. The Hall–Kier alpha value is -3.78. The summed E-state index contributed by atoms with van der Waals surface area (Å²) in [6, 6.07) is 3.07. The molecule has 228 valence electrons. The lowest BCUT2D eigenvalue weighted by Crippen LogP contribution is -2.69. The number of primary amides is 1. The number of Topliss-reactive ketones (excluding diaryl/α,β-unsaturated/α-hetero) is 2. The smallest absolute Gasteiger partial charge is 0.305 e. The van der Waals surface area contributed by atoms with Crippen LogP contribution in [0.1, 0.15) is 35.2 Å². The van der Waals surface area contributed by atoms with Gasteiger partial charge in [0.1, 0.15) is 28.9 Å². The Morgan fingerprint density at radius 2 is 1.76 bits per heavy atom. The van der Waals surface area contributed by atoms with Gasteiger partial charge in [0.15, 0.2) is 11.4 Å². The Kier molecular flexibility index (Phi) is 8.52. The number of nitrogens with two attached hydrogens (primary N) is 1. The average Bonchev–Trinajstić information content (AvgIpc) is 2.90. The van der Waals surface area contributed by atoms with Crippen LogP contribution in [0.25, 0.3) is 0 Å². The number of aliphatic hydroxyl groups excluding tert-OH is 2. The highest BCUT2D eigenvalue weighted by atomic mass is 16.5. The van der Waals surface area contributed by atoms with E-state index in [4.69, 9.17) is 15.2 Å². The van der Waals surface area contributed by atoms with Gasteiger partial charge in [-0.2, -0.15) is 0 Å². The standard InChI is InChI=1S/C29H37N3O10/c1-6-16(34)42-25-18-14(12-41-11-10-31(2)3)13-8-7-9-15(33)17(13)23(35)19(18)26(37)29(40)21(25)22(32(4)5)24(36)20(27(29)38)28(30)39/h7-9,14,18,21-22,25,33,36-37,40H,6,10-12H2,1-5H3,(H2,30,39). The number of phenolic OH excluding ortho intramolecular Hbond substituents is 1. The summed E-state index contributed by atoms with van der Waals surface area (Å²) < 4.78 is 11.8. The molecule has 4 rings (SSSR count). The van der Waals surface area contributed by atoms with Gasteiger partial charge in [-0.1, -0.05) is 19.1 Å². The Bertz CT molecular complexity index is 1380. The molecule has 13 nitrogen and oxygen atoms in total. The highest BCUT2D eigenvalue weighted by molar-refractivity contribution is 6.25. The molecule has 0 fully saturated rings. The summed E-state index contributed by atoms with van der Waals surface area (Å²) in [5.74, 6) is -10.2. The number of aromatic hydroxyl groups is 1. The molecule has 1 aromatic carbocycles. The second-order valence-corrected chi connectivity index (χ2v) is 11.3. The van der Waals surface area contributed by atoms with Crippen LogP contribution in [0, 0.1) is 11.8 Å². The summed E-state index contributed by atoms with van der Waals surface area (Å²) in [6.45, 7) is 2.31. The van der Waals surface area contributed by atoms with E-state index in [1.54, 1.807) is 6.07 Å². The number of nitrogens with zero attached hydrogens (tertiary/aromatic N) is 2. The van der Waals surface area contributed by atoms with Crippen LogP contribution in [-0.2, 0) is 23.9 Å². The van der Waals surface area contributed by atoms with Gasteiger partial charge in [-0.15, -0.1) is 0 Å². The van der Waals surface area contributed by atoms with E-state index in [0.717, 1.165) is 0 Å². The normalized spacial score (nSPS) is 29.0. The molecule has 0 aromatic heterocycles. The second-order valence-electron chi connectivity index (χ2n) is 11.3. The number of hydrogen-bond acceptors (Lipinski definition) is 12. The number of likely N-dealkylation sites (N-methyl/N-ethyl adjacent to an activating group) is 2. The zero-order chi connectivity index (χ0) is 31.3. The van der Waals surface area contributed by atoms with Gasteiger partial charge >= 0.3 is 5.97 Å². The number of hydrogen-bond donors (Lipinski definition) is 5. The van der Waals surface area contributed by atoms with Crippen molar-refractivity contribution in [1.82, 2.24) is 9.80 Å². The van der Waals surface area contributed by atoms with Crippen LogP contribution in [-0.4, -0.2) is 119 Å². The summed E-state index contributed by atoms with van der Waals surface area (Å²) in [6.07, 6.45) is -1.59. The highest BCUT2D eigenvalue weighted by Gasteiger charge is 2.69. The van der Waals surface area contributed by atoms with E-state index in [2.05, 4.69) is 0 Å². The van der Waals surface area contributed by atoms with Crippen molar-refractivity contribution in [3.63, 3.8) is 0 Å². The fourth-order valence-corrected chi connectivity index (χ4v) is 6.41. The predicted octanol–water partition coefficient (Wildman–Crippen LogP) is 0.172. The Morgan fingerprint density at radius 1 is 1.10 bits per heavy atom. The first-order chi connectivity index (χ1) is 19.7. The number of aliphatic hydroxyl groups is 3. The fraction of sp³-hybridized carbons (Fsp3) is 0.517. The molecule has 0 spiro atoms. The summed E-state index contributed by atoms with van der Waals surface area (Å²) >= 11 is 0. The zero-order valence-electron chi connectivity index (χ0n) is 24.2. The van der Waals surface area contributed by atoms with E-state index in [9.17, 15) is 39.6 Å². The van der Waals surface area contributed by atoms with E-state index in [0.29, 0.717) is 12.1 Å². The minimum Gasteiger partial charge on any atom is -0.510 e. The molecular formula is C29H37N3O10.